The van der Waals surface area contributed by atoms with Gasteiger partial charge in [0.15, 0.2) is 0 Å². The molecule has 0 aliphatic carbocycles. The predicted molar refractivity (Wildman–Crippen MR) is 78.7 cm³/mol. The van der Waals surface area contributed by atoms with Crippen LogP contribution in [0.15, 0.2) is 34.1 Å². The summed E-state index contributed by atoms with van der Waals surface area (Å²) in [6, 6.07) is 0. The molecule has 0 saturated heterocycles. The van der Waals surface area contributed by atoms with Crippen LogP contribution < -0.4 is 0 Å². The van der Waals surface area contributed by atoms with Gasteiger partial charge in [-0.1, -0.05) is 69.7 Å². The van der Waals surface area contributed by atoms with E-state index in [2.05, 4.69) is 46.4 Å². The Hall–Kier alpha value is -0.430. The zero-order chi connectivity index (χ0) is 12.4. The Morgan fingerprint density at radius 3 is 2.25 bits per heavy atom. The van der Waals surface area contributed by atoms with Crippen LogP contribution in [0.4, 0.5) is 0 Å². The third-order valence-corrected chi connectivity index (χ3v) is 3.53. The summed E-state index contributed by atoms with van der Waals surface area (Å²) in [6.45, 7) is 13.0. The molecule has 0 nitrogen and oxygen atoms in total. The molecule has 0 aliphatic rings. The van der Waals surface area contributed by atoms with E-state index in [1.54, 1.807) is 0 Å². The Morgan fingerprint density at radius 2 is 1.75 bits per heavy atom. The molecule has 0 N–H and O–H groups in total. The molecular weight excluding hydrogens is 212 g/mol. The van der Waals surface area contributed by atoms with Crippen LogP contribution in [-0.4, -0.2) is 0 Å². The van der Waals surface area contributed by atoms with Crippen molar-refractivity contribution in [1.29, 1.82) is 0 Å². The first-order valence-electron chi connectivity index (χ1n) is 6.37. The van der Waals surface area contributed by atoms with E-state index in [9.17, 15) is 0 Å². The van der Waals surface area contributed by atoms with Crippen molar-refractivity contribution < 1.29 is 0 Å². The molecule has 0 rings (SSSR count). The second-order valence-corrected chi connectivity index (χ2v) is 5.32. The van der Waals surface area contributed by atoms with Crippen LogP contribution in [0.2, 0.25) is 0 Å². The summed E-state index contributed by atoms with van der Waals surface area (Å²) in [6.07, 6.45) is 10.3. The average Bonchev–Trinajstić information content (AvgIpc) is 2.24. The molecule has 0 heterocycles. The van der Waals surface area contributed by atoms with Crippen LogP contribution in [0.25, 0.3) is 0 Å². The number of thioether (sulfide) groups is 1. The summed E-state index contributed by atoms with van der Waals surface area (Å²) >= 11 is 1.86. The molecule has 0 aliphatic heterocycles. The molecule has 0 saturated carbocycles. The standard InChI is InChI=1S/C15H26S/c1-6-9-12-15(13(4)10-7-2)16-14(5)11-8-3/h9,12H,5-8,10-11H2,1-4H3/b12-9-,15-13-. The summed E-state index contributed by atoms with van der Waals surface area (Å²) in [5, 5.41) is 0. The second kappa shape index (κ2) is 9.77. The van der Waals surface area contributed by atoms with Crippen LogP contribution in [0.3, 0.4) is 0 Å². The lowest BCUT2D eigenvalue weighted by Gasteiger charge is -2.09. The van der Waals surface area contributed by atoms with Crippen molar-refractivity contribution in [2.75, 3.05) is 0 Å². The number of rotatable bonds is 8. The Balaban J connectivity index is 4.60. The molecule has 0 aromatic heterocycles. The van der Waals surface area contributed by atoms with Gasteiger partial charge in [-0.05, 0) is 31.1 Å². The Kier molecular flexibility index (Phi) is 9.51. The highest BCUT2D eigenvalue weighted by Crippen LogP contribution is 2.32. The summed E-state index contributed by atoms with van der Waals surface area (Å²) in [5.74, 6) is 0. The van der Waals surface area contributed by atoms with Gasteiger partial charge in [0, 0.05) is 4.91 Å². The molecule has 0 atom stereocenters. The van der Waals surface area contributed by atoms with Gasteiger partial charge in [-0.25, -0.2) is 0 Å². The van der Waals surface area contributed by atoms with Crippen LogP contribution >= 0.6 is 11.8 Å². The Morgan fingerprint density at radius 1 is 1.12 bits per heavy atom. The average molecular weight is 238 g/mol. The minimum absolute atomic E-state index is 1.10. The van der Waals surface area contributed by atoms with Crippen molar-refractivity contribution in [3.63, 3.8) is 0 Å². The zero-order valence-electron chi connectivity index (χ0n) is 11.3. The van der Waals surface area contributed by atoms with Gasteiger partial charge < -0.3 is 0 Å². The molecule has 0 unspecified atom stereocenters. The van der Waals surface area contributed by atoms with E-state index in [4.69, 9.17) is 0 Å². The summed E-state index contributed by atoms with van der Waals surface area (Å²) in [5.41, 5.74) is 1.49. The quantitative estimate of drug-likeness (QED) is 0.462. The highest BCUT2D eigenvalue weighted by Gasteiger charge is 2.02. The monoisotopic (exact) mass is 238 g/mol. The molecule has 92 valence electrons. The first-order valence-corrected chi connectivity index (χ1v) is 7.19. The summed E-state index contributed by atoms with van der Waals surface area (Å²) in [4.78, 5) is 2.69. The highest BCUT2D eigenvalue weighted by atomic mass is 32.2. The van der Waals surface area contributed by atoms with Crippen LogP contribution in [0.5, 0.6) is 0 Å². The SMILES string of the molecule is C=C(CCC)SC(/C=C\CC)=C(/C)CCC. The molecule has 0 bridgehead atoms. The molecule has 0 amide bonds. The van der Waals surface area contributed by atoms with Gasteiger partial charge in [-0.15, -0.1) is 0 Å². The maximum atomic E-state index is 4.13. The predicted octanol–water partition coefficient (Wildman–Crippen LogP) is 6.07. The van der Waals surface area contributed by atoms with Crippen molar-refractivity contribution >= 4 is 11.8 Å². The van der Waals surface area contributed by atoms with E-state index >= 15 is 0 Å². The van der Waals surface area contributed by atoms with Gasteiger partial charge in [0.25, 0.3) is 0 Å². The van der Waals surface area contributed by atoms with Crippen molar-refractivity contribution in [2.24, 2.45) is 0 Å². The first kappa shape index (κ1) is 15.6. The summed E-state index contributed by atoms with van der Waals surface area (Å²) in [7, 11) is 0. The fraction of sp³-hybridized carbons (Fsp3) is 0.600. The fourth-order valence-corrected chi connectivity index (χ4v) is 2.53. The minimum atomic E-state index is 1.10. The van der Waals surface area contributed by atoms with Crippen molar-refractivity contribution in [3.8, 4) is 0 Å². The van der Waals surface area contributed by atoms with Gasteiger partial charge >= 0.3 is 0 Å². The van der Waals surface area contributed by atoms with E-state index in [1.807, 2.05) is 11.8 Å². The molecule has 0 fully saturated rings. The van der Waals surface area contributed by atoms with Gasteiger partial charge in [-0.2, -0.15) is 0 Å². The van der Waals surface area contributed by atoms with Gasteiger partial charge in [0.1, 0.15) is 0 Å². The van der Waals surface area contributed by atoms with E-state index in [1.165, 1.54) is 34.6 Å². The molecule has 0 aromatic rings. The molecule has 0 spiro atoms. The Bertz CT molecular complexity index is 259. The van der Waals surface area contributed by atoms with E-state index < -0.39 is 0 Å². The second-order valence-electron chi connectivity index (χ2n) is 4.10. The Labute approximate surface area is 106 Å². The first-order chi connectivity index (χ1) is 7.65. The fourth-order valence-electron chi connectivity index (χ4n) is 1.47. The van der Waals surface area contributed by atoms with Crippen LogP contribution in [-0.2, 0) is 0 Å². The van der Waals surface area contributed by atoms with Crippen LogP contribution in [0, 0.1) is 0 Å². The van der Waals surface area contributed by atoms with Gasteiger partial charge in [-0.3, -0.25) is 0 Å². The van der Waals surface area contributed by atoms with Gasteiger partial charge in [0.05, 0.1) is 0 Å². The smallest absolute Gasteiger partial charge is 0.0104 e. The van der Waals surface area contributed by atoms with Crippen molar-refractivity contribution in [3.05, 3.63) is 34.1 Å². The highest BCUT2D eigenvalue weighted by molar-refractivity contribution is 8.06. The zero-order valence-corrected chi connectivity index (χ0v) is 12.1. The van der Waals surface area contributed by atoms with E-state index in [0.29, 0.717) is 0 Å². The van der Waals surface area contributed by atoms with E-state index in [-0.39, 0.29) is 0 Å². The largest absolute Gasteiger partial charge is 0.0952 e. The normalized spacial score (nSPS) is 13.0. The third-order valence-electron chi connectivity index (χ3n) is 2.33. The van der Waals surface area contributed by atoms with Gasteiger partial charge in [0.2, 0.25) is 0 Å². The lowest BCUT2D eigenvalue weighted by Crippen LogP contribution is -1.84. The molecule has 1 heteroatoms. The third kappa shape index (κ3) is 6.95. The molecule has 16 heavy (non-hydrogen) atoms. The maximum absolute atomic E-state index is 4.13. The lowest BCUT2D eigenvalue weighted by molar-refractivity contribution is 0.903. The number of hydrogen-bond acceptors (Lipinski definition) is 1. The van der Waals surface area contributed by atoms with E-state index in [0.717, 1.165) is 12.8 Å². The topological polar surface area (TPSA) is 0 Å². The lowest BCUT2D eigenvalue weighted by atomic mass is 10.1. The molecule has 0 aromatic carbocycles. The summed E-state index contributed by atoms with van der Waals surface area (Å²) < 4.78 is 0. The number of hydrogen-bond donors (Lipinski definition) is 0. The maximum Gasteiger partial charge on any atom is 0.0104 e. The minimum Gasteiger partial charge on any atom is -0.0952 e. The molecular formula is C15H26S. The van der Waals surface area contributed by atoms with Crippen LogP contribution in [0.1, 0.15) is 59.8 Å². The van der Waals surface area contributed by atoms with Crippen molar-refractivity contribution in [1.82, 2.24) is 0 Å². The number of allylic oxidation sites excluding steroid dienone is 4. The van der Waals surface area contributed by atoms with Crippen molar-refractivity contribution in [2.45, 2.75) is 59.8 Å². The molecule has 0 radical (unpaired) electrons.